The van der Waals surface area contributed by atoms with Gasteiger partial charge in [-0.1, -0.05) is 49.4 Å². The lowest BCUT2D eigenvalue weighted by Gasteiger charge is -2.37. The van der Waals surface area contributed by atoms with Gasteiger partial charge < -0.3 is 16.0 Å². The molecule has 3 rings (SSSR count). The van der Waals surface area contributed by atoms with Crippen molar-refractivity contribution < 1.29 is 0 Å². The Hall–Kier alpha value is -2.44. The van der Waals surface area contributed by atoms with Crippen molar-refractivity contribution in [3.05, 3.63) is 65.7 Å². The van der Waals surface area contributed by atoms with E-state index in [4.69, 9.17) is 18.0 Å². The molecule has 2 aromatic carbocycles. The van der Waals surface area contributed by atoms with Crippen LogP contribution in [0.3, 0.4) is 0 Å². The fraction of sp³-hybridized carbons (Fsp3) is 0.333. The molecule has 3 atom stereocenters. The number of piperidine rings is 1. The van der Waals surface area contributed by atoms with Crippen molar-refractivity contribution in [2.24, 2.45) is 16.8 Å². The zero-order valence-electron chi connectivity index (χ0n) is 16.0. The number of rotatable bonds is 4. The summed E-state index contributed by atoms with van der Waals surface area (Å²) in [7, 11) is 4.10. The van der Waals surface area contributed by atoms with Gasteiger partial charge in [-0.15, -0.1) is 0 Å². The van der Waals surface area contributed by atoms with Crippen LogP contribution in [0.5, 0.6) is 0 Å². The average molecular weight is 382 g/mol. The van der Waals surface area contributed by atoms with E-state index in [0.717, 1.165) is 12.1 Å². The summed E-state index contributed by atoms with van der Waals surface area (Å²) in [5.41, 5.74) is 13.1. The molecule has 5 nitrogen and oxygen atoms in total. The summed E-state index contributed by atoms with van der Waals surface area (Å²) in [5, 5.41) is 8.52. The van der Waals surface area contributed by atoms with Crippen LogP contribution in [-0.2, 0) is 0 Å². The lowest BCUT2D eigenvalue weighted by Crippen LogP contribution is -2.42. The first-order valence-electron chi connectivity index (χ1n) is 9.16. The molecule has 27 heavy (non-hydrogen) atoms. The third kappa shape index (κ3) is 4.64. The van der Waals surface area contributed by atoms with Gasteiger partial charge in [0.2, 0.25) is 0 Å². The molecule has 2 aromatic rings. The third-order valence-corrected chi connectivity index (χ3v) is 5.19. The van der Waals surface area contributed by atoms with E-state index in [-0.39, 0.29) is 23.1 Å². The second-order valence-corrected chi connectivity index (χ2v) is 7.61. The van der Waals surface area contributed by atoms with E-state index in [2.05, 4.69) is 76.2 Å². The molecule has 1 saturated heterocycles. The van der Waals surface area contributed by atoms with E-state index in [1.807, 2.05) is 20.2 Å². The average Bonchev–Trinajstić information content (AvgIpc) is 2.68. The van der Waals surface area contributed by atoms with Gasteiger partial charge >= 0.3 is 0 Å². The van der Waals surface area contributed by atoms with Crippen molar-refractivity contribution in [3.8, 4) is 0 Å². The van der Waals surface area contributed by atoms with Gasteiger partial charge in [0.1, 0.15) is 0 Å². The minimum absolute atomic E-state index is 0.159. The fourth-order valence-electron chi connectivity index (χ4n) is 3.55. The number of nitrogens with zero attached hydrogens (tertiary/aromatic N) is 2. The van der Waals surface area contributed by atoms with E-state index in [1.165, 1.54) is 16.8 Å². The number of anilines is 1. The maximum absolute atomic E-state index is 5.58. The summed E-state index contributed by atoms with van der Waals surface area (Å²) in [6.45, 7) is 2.19. The zero-order chi connectivity index (χ0) is 19.4. The first kappa shape index (κ1) is 19.3. The monoisotopic (exact) mass is 381 g/mol. The molecule has 4 N–H and O–H groups in total. The molecule has 1 heterocycles. The van der Waals surface area contributed by atoms with Gasteiger partial charge in [-0.25, -0.2) is 0 Å². The normalized spacial score (nSPS) is 23.8. The van der Waals surface area contributed by atoms with Crippen LogP contribution >= 0.6 is 12.2 Å². The minimum atomic E-state index is 0.159. The number of thiocarbonyl (C=S) groups is 1. The predicted octanol–water partition coefficient (Wildman–Crippen LogP) is 3.35. The summed E-state index contributed by atoms with van der Waals surface area (Å²) >= 11 is 4.93. The number of hydrogen-bond acceptors (Lipinski definition) is 4. The topological polar surface area (TPSA) is 65.7 Å². The van der Waals surface area contributed by atoms with Crippen molar-refractivity contribution in [2.45, 2.75) is 25.4 Å². The second-order valence-electron chi connectivity index (χ2n) is 7.17. The molecule has 0 amide bonds. The summed E-state index contributed by atoms with van der Waals surface area (Å²) in [5.74, 6) is 0.219. The number of hydrazone groups is 1. The third-order valence-electron chi connectivity index (χ3n) is 5.10. The molecular formula is C21H27N5S. The first-order chi connectivity index (χ1) is 13.0. The van der Waals surface area contributed by atoms with E-state index < -0.39 is 0 Å². The molecule has 3 unspecified atom stereocenters. The van der Waals surface area contributed by atoms with Crippen LogP contribution in [0.15, 0.2) is 59.7 Å². The van der Waals surface area contributed by atoms with Crippen molar-refractivity contribution in [1.29, 1.82) is 0 Å². The van der Waals surface area contributed by atoms with Gasteiger partial charge in [-0.3, -0.25) is 5.43 Å². The van der Waals surface area contributed by atoms with Crippen molar-refractivity contribution in [1.82, 2.24) is 10.7 Å². The molecule has 0 bridgehead atoms. The van der Waals surface area contributed by atoms with Crippen LogP contribution in [-0.4, -0.2) is 24.9 Å². The van der Waals surface area contributed by atoms with Gasteiger partial charge in [0.15, 0.2) is 5.11 Å². The highest BCUT2D eigenvalue weighted by atomic mass is 32.1. The van der Waals surface area contributed by atoms with Gasteiger partial charge in [-0.05, 0) is 35.5 Å². The van der Waals surface area contributed by atoms with Crippen LogP contribution in [0.4, 0.5) is 5.69 Å². The van der Waals surface area contributed by atoms with E-state index in [1.54, 1.807) is 0 Å². The molecule has 0 aliphatic carbocycles. The van der Waals surface area contributed by atoms with Gasteiger partial charge in [-0.2, -0.15) is 5.10 Å². The van der Waals surface area contributed by atoms with Crippen molar-refractivity contribution >= 4 is 28.7 Å². The molecule has 1 fully saturated rings. The smallest absolute Gasteiger partial charge is 0.184 e. The second kappa shape index (κ2) is 8.50. The van der Waals surface area contributed by atoms with Crippen LogP contribution in [0, 0.1) is 5.92 Å². The molecule has 1 aliphatic rings. The Morgan fingerprint density at radius 2 is 1.78 bits per heavy atom. The van der Waals surface area contributed by atoms with Crippen LogP contribution in [0.2, 0.25) is 0 Å². The largest absolute Gasteiger partial charge is 0.378 e. The Morgan fingerprint density at radius 1 is 1.11 bits per heavy atom. The number of hydrogen-bond donors (Lipinski definition) is 3. The quantitative estimate of drug-likeness (QED) is 0.560. The molecule has 1 aliphatic heterocycles. The Balaban J connectivity index is 1.92. The molecule has 6 heteroatoms. The molecule has 0 saturated carbocycles. The lowest BCUT2D eigenvalue weighted by molar-refractivity contribution is 0.363. The maximum Gasteiger partial charge on any atom is 0.184 e. The Bertz CT molecular complexity index is 801. The van der Waals surface area contributed by atoms with Gasteiger partial charge in [0.25, 0.3) is 0 Å². The number of nitrogens with two attached hydrogens (primary N) is 1. The Labute approximate surface area is 166 Å². The standard InChI is InChI=1S/C21H27N5S/c1-14-18(24-25-21(22)27)13-19(15-7-5-4-6-8-15)23-20(14)16-9-11-17(12-10-16)26(2)3/h4-12,14,19-20,23H,13H2,1-3H3,(H3,22,25,27)/b24-18-. The van der Waals surface area contributed by atoms with Crippen LogP contribution in [0.1, 0.15) is 36.6 Å². The zero-order valence-corrected chi connectivity index (χ0v) is 16.8. The number of nitrogens with one attached hydrogen (secondary N) is 2. The van der Waals surface area contributed by atoms with E-state index >= 15 is 0 Å². The highest BCUT2D eigenvalue weighted by molar-refractivity contribution is 7.80. The molecule has 0 spiro atoms. The summed E-state index contributed by atoms with van der Waals surface area (Å²) in [6, 6.07) is 19.5. The molecule has 0 radical (unpaired) electrons. The highest BCUT2D eigenvalue weighted by Gasteiger charge is 2.33. The maximum atomic E-state index is 5.58. The Morgan fingerprint density at radius 3 is 2.37 bits per heavy atom. The fourth-order valence-corrected chi connectivity index (χ4v) is 3.59. The SMILES string of the molecule is CC1/C(=N\NC(N)=S)CC(c2ccccc2)NC1c1ccc(N(C)C)cc1. The first-order valence-corrected chi connectivity index (χ1v) is 9.56. The van der Waals surface area contributed by atoms with Crippen LogP contribution in [0.25, 0.3) is 0 Å². The lowest BCUT2D eigenvalue weighted by atomic mass is 9.81. The summed E-state index contributed by atoms with van der Waals surface area (Å²) in [4.78, 5) is 2.10. The van der Waals surface area contributed by atoms with Gasteiger partial charge in [0, 0.05) is 49.9 Å². The molecule has 142 valence electrons. The summed E-state index contributed by atoms with van der Waals surface area (Å²) < 4.78 is 0. The van der Waals surface area contributed by atoms with E-state index in [9.17, 15) is 0 Å². The van der Waals surface area contributed by atoms with Gasteiger partial charge in [0.05, 0.1) is 0 Å². The van der Waals surface area contributed by atoms with Crippen molar-refractivity contribution in [2.75, 3.05) is 19.0 Å². The highest BCUT2D eigenvalue weighted by Crippen LogP contribution is 2.35. The van der Waals surface area contributed by atoms with E-state index in [0.29, 0.717) is 0 Å². The molecular weight excluding hydrogens is 354 g/mol. The molecule has 0 aromatic heterocycles. The van der Waals surface area contributed by atoms with Crippen molar-refractivity contribution in [3.63, 3.8) is 0 Å². The van der Waals surface area contributed by atoms with Crippen LogP contribution < -0.4 is 21.4 Å². The minimum Gasteiger partial charge on any atom is -0.378 e. The Kier molecular flexibility index (Phi) is 6.08. The predicted molar refractivity (Wildman–Crippen MR) is 117 cm³/mol. The summed E-state index contributed by atoms with van der Waals surface area (Å²) in [6.07, 6.45) is 0.813. The number of benzene rings is 2.